The molecule has 1 saturated heterocycles. The van der Waals surface area contributed by atoms with Crippen molar-refractivity contribution in [1.29, 1.82) is 0 Å². The highest BCUT2D eigenvalue weighted by molar-refractivity contribution is 5.96. The molecule has 3 atom stereocenters. The zero-order valence-electron chi connectivity index (χ0n) is 11.1. The summed E-state index contributed by atoms with van der Waals surface area (Å²) in [5.41, 5.74) is 0. The molecule has 96 valence electrons. The smallest absolute Gasteiger partial charge is 0.246 e. The first-order chi connectivity index (χ1) is 8.02. The maximum absolute atomic E-state index is 12.3. The molecule has 0 spiro atoms. The Morgan fingerprint density at radius 1 is 1.47 bits per heavy atom. The van der Waals surface area contributed by atoms with Gasteiger partial charge in [-0.1, -0.05) is 32.4 Å². The van der Waals surface area contributed by atoms with Crippen LogP contribution in [0.1, 0.15) is 34.1 Å². The van der Waals surface area contributed by atoms with Crippen LogP contribution in [0.3, 0.4) is 0 Å². The van der Waals surface area contributed by atoms with Gasteiger partial charge in [-0.15, -0.1) is 0 Å². The number of allylic oxidation sites excluding steroid dienone is 1. The van der Waals surface area contributed by atoms with Crippen LogP contribution in [0.2, 0.25) is 0 Å². The number of rotatable bonds is 4. The van der Waals surface area contributed by atoms with Crippen molar-refractivity contribution in [3.63, 3.8) is 0 Å². The first-order valence-corrected chi connectivity index (χ1v) is 6.24. The molecular formula is C13H22N2O2. The van der Waals surface area contributed by atoms with Crippen LogP contribution in [0, 0.1) is 5.92 Å². The molecule has 0 aromatic heterocycles. The highest BCUT2D eigenvalue weighted by Crippen LogP contribution is 2.17. The largest absolute Gasteiger partial charge is 0.342 e. The normalized spacial score (nSPS) is 27.4. The maximum atomic E-state index is 12.3. The summed E-state index contributed by atoms with van der Waals surface area (Å²) in [6, 6.07) is -0.743. The summed E-state index contributed by atoms with van der Waals surface area (Å²) < 4.78 is 0. The molecule has 1 aliphatic rings. The molecule has 1 aliphatic heterocycles. The van der Waals surface area contributed by atoms with Gasteiger partial charge in [0.1, 0.15) is 12.1 Å². The van der Waals surface area contributed by atoms with E-state index in [-0.39, 0.29) is 29.8 Å². The van der Waals surface area contributed by atoms with Gasteiger partial charge in [0.15, 0.2) is 0 Å². The van der Waals surface area contributed by atoms with Crippen molar-refractivity contribution in [3.05, 3.63) is 12.2 Å². The van der Waals surface area contributed by atoms with E-state index < -0.39 is 0 Å². The fourth-order valence-corrected chi connectivity index (χ4v) is 1.94. The van der Waals surface area contributed by atoms with E-state index in [2.05, 4.69) is 5.32 Å². The van der Waals surface area contributed by atoms with E-state index in [1.165, 1.54) is 0 Å². The Balaban J connectivity index is 2.86. The number of carbonyl (C=O) groups excluding carboxylic acids is 2. The van der Waals surface area contributed by atoms with Crippen LogP contribution in [0.4, 0.5) is 0 Å². The lowest BCUT2D eigenvalue weighted by molar-refractivity contribution is -0.149. The van der Waals surface area contributed by atoms with Crippen molar-refractivity contribution in [2.24, 2.45) is 5.92 Å². The summed E-state index contributed by atoms with van der Waals surface area (Å²) in [6.45, 7) is 8.21. The molecule has 0 radical (unpaired) electrons. The highest BCUT2D eigenvalue weighted by Gasteiger charge is 2.39. The van der Waals surface area contributed by atoms with Crippen LogP contribution in [-0.2, 0) is 9.59 Å². The quantitative estimate of drug-likeness (QED) is 0.751. The third-order valence-corrected chi connectivity index (χ3v) is 3.44. The van der Waals surface area contributed by atoms with Gasteiger partial charge in [-0.05, 0) is 19.8 Å². The Morgan fingerprint density at radius 3 is 2.65 bits per heavy atom. The first kappa shape index (κ1) is 13.7. The summed E-state index contributed by atoms with van der Waals surface area (Å²) in [7, 11) is 0. The van der Waals surface area contributed by atoms with Gasteiger partial charge >= 0.3 is 0 Å². The number of nitrogens with zero attached hydrogens (tertiary/aromatic N) is 1. The van der Waals surface area contributed by atoms with Crippen LogP contribution in [0.25, 0.3) is 0 Å². The lowest BCUT2D eigenvalue weighted by Gasteiger charge is -2.38. The van der Waals surface area contributed by atoms with Gasteiger partial charge in [0.25, 0.3) is 0 Å². The third kappa shape index (κ3) is 2.87. The molecule has 1 N–H and O–H groups in total. The average molecular weight is 238 g/mol. The molecule has 3 unspecified atom stereocenters. The van der Waals surface area contributed by atoms with Crippen molar-refractivity contribution < 1.29 is 9.59 Å². The first-order valence-electron chi connectivity index (χ1n) is 6.24. The second-order valence-electron chi connectivity index (χ2n) is 4.61. The minimum Gasteiger partial charge on any atom is -0.342 e. The molecule has 17 heavy (non-hydrogen) atoms. The molecule has 0 aromatic carbocycles. The molecule has 4 heteroatoms. The SMILES string of the molecule is C/C=C/CN1C(=O)C(C(C)CC)NC(=O)C1C. The zero-order valence-corrected chi connectivity index (χ0v) is 11.1. The van der Waals surface area contributed by atoms with Gasteiger partial charge in [0.2, 0.25) is 11.8 Å². The fourth-order valence-electron chi connectivity index (χ4n) is 1.94. The van der Waals surface area contributed by atoms with E-state index in [4.69, 9.17) is 0 Å². The molecule has 0 aliphatic carbocycles. The predicted molar refractivity (Wildman–Crippen MR) is 67.4 cm³/mol. The lowest BCUT2D eigenvalue weighted by Crippen LogP contribution is -2.64. The molecule has 0 aromatic rings. The van der Waals surface area contributed by atoms with Crippen molar-refractivity contribution in [2.45, 2.75) is 46.2 Å². The van der Waals surface area contributed by atoms with Crippen LogP contribution < -0.4 is 5.32 Å². The van der Waals surface area contributed by atoms with Gasteiger partial charge in [0, 0.05) is 6.54 Å². The molecule has 1 rings (SSSR count). The van der Waals surface area contributed by atoms with E-state index in [0.29, 0.717) is 6.54 Å². The Labute approximate surface area is 103 Å². The fraction of sp³-hybridized carbons (Fsp3) is 0.692. The monoisotopic (exact) mass is 238 g/mol. The number of amides is 2. The molecule has 0 saturated carbocycles. The van der Waals surface area contributed by atoms with Crippen molar-refractivity contribution in [1.82, 2.24) is 10.2 Å². The Morgan fingerprint density at radius 2 is 2.12 bits per heavy atom. The van der Waals surface area contributed by atoms with E-state index in [0.717, 1.165) is 6.42 Å². The summed E-state index contributed by atoms with van der Waals surface area (Å²) in [5, 5.41) is 2.82. The molecular weight excluding hydrogens is 216 g/mol. The Hall–Kier alpha value is -1.32. The van der Waals surface area contributed by atoms with Gasteiger partial charge in [-0.3, -0.25) is 9.59 Å². The van der Waals surface area contributed by atoms with Crippen LogP contribution in [0.15, 0.2) is 12.2 Å². The molecule has 1 fully saturated rings. The molecule has 4 nitrogen and oxygen atoms in total. The van der Waals surface area contributed by atoms with Crippen LogP contribution in [0.5, 0.6) is 0 Å². The molecule has 0 bridgehead atoms. The topological polar surface area (TPSA) is 49.4 Å². The summed E-state index contributed by atoms with van der Waals surface area (Å²) in [4.78, 5) is 25.7. The number of piperazine rings is 1. The number of nitrogens with one attached hydrogen (secondary N) is 1. The summed E-state index contributed by atoms with van der Waals surface area (Å²) in [6.07, 6.45) is 4.67. The third-order valence-electron chi connectivity index (χ3n) is 3.44. The summed E-state index contributed by atoms with van der Waals surface area (Å²) >= 11 is 0. The molecule has 2 amide bonds. The van der Waals surface area contributed by atoms with Crippen LogP contribution >= 0.6 is 0 Å². The molecule has 1 heterocycles. The van der Waals surface area contributed by atoms with E-state index >= 15 is 0 Å². The number of carbonyl (C=O) groups is 2. The second kappa shape index (κ2) is 5.84. The van der Waals surface area contributed by atoms with Crippen molar-refractivity contribution >= 4 is 11.8 Å². The number of hydrogen-bond acceptors (Lipinski definition) is 2. The van der Waals surface area contributed by atoms with Crippen LogP contribution in [-0.4, -0.2) is 35.3 Å². The Bertz CT molecular complexity index is 325. The minimum absolute atomic E-state index is 0.0320. The lowest BCUT2D eigenvalue weighted by atomic mass is 9.94. The number of hydrogen-bond donors (Lipinski definition) is 1. The van der Waals surface area contributed by atoms with Gasteiger partial charge in [-0.2, -0.15) is 0 Å². The second-order valence-corrected chi connectivity index (χ2v) is 4.61. The van der Waals surface area contributed by atoms with Gasteiger partial charge in [-0.25, -0.2) is 0 Å². The van der Waals surface area contributed by atoms with E-state index in [1.807, 2.05) is 32.9 Å². The van der Waals surface area contributed by atoms with Gasteiger partial charge < -0.3 is 10.2 Å². The Kier molecular flexibility index (Phi) is 4.73. The van der Waals surface area contributed by atoms with E-state index in [9.17, 15) is 9.59 Å². The summed E-state index contributed by atoms with van der Waals surface area (Å²) in [5.74, 6) is 0.149. The minimum atomic E-state index is -0.376. The van der Waals surface area contributed by atoms with Crippen molar-refractivity contribution in [3.8, 4) is 0 Å². The predicted octanol–water partition coefficient (Wildman–Crippen LogP) is 1.32. The standard InChI is InChI=1S/C13H22N2O2/c1-5-7-8-15-10(4)12(16)14-11(13(15)17)9(3)6-2/h5,7,9-11H,6,8H2,1-4H3,(H,14,16)/b7-5+. The zero-order chi connectivity index (χ0) is 13.0. The van der Waals surface area contributed by atoms with Crippen molar-refractivity contribution in [2.75, 3.05) is 6.54 Å². The van der Waals surface area contributed by atoms with E-state index in [1.54, 1.807) is 11.8 Å². The van der Waals surface area contributed by atoms with Gasteiger partial charge in [0.05, 0.1) is 0 Å². The highest BCUT2D eigenvalue weighted by atomic mass is 16.2. The maximum Gasteiger partial charge on any atom is 0.246 e. The average Bonchev–Trinajstić information content (AvgIpc) is 2.33.